The second-order valence-corrected chi connectivity index (χ2v) is 8.64. The van der Waals surface area contributed by atoms with Crippen LogP contribution in [-0.2, 0) is 10.2 Å². The summed E-state index contributed by atoms with van der Waals surface area (Å²) in [5, 5.41) is 3.05. The lowest BCUT2D eigenvalue weighted by Crippen LogP contribution is -2.42. The quantitative estimate of drug-likeness (QED) is 0.712. The van der Waals surface area contributed by atoms with Gasteiger partial charge in [0.2, 0.25) is 5.91 Å². The van der Waals surface area contributed by atoms with Crippen LogP contribution in [0.5, 0.6) is 0 Å². The average molecular weight is 410 g/mol. The molecule has 0 unspecified atom stereocenters. The van der Waals surface area contributed by atoms with Gasteiger partial charge in [0.15, 0.2) is 0 Å². The maximum absolute atomic E-state index is 13.6. The summed E-state index contributed by atoms with van der Waals surface area (Å²) in [4.78, 5) is 37.7. The molecule has 3 heterocycles. The van der Waals surface area contributed by atoms with Crippen molar-refractivity contribution in [3.8, 4) is 0 Å². The Morgan fingerprint density at radius 1 is 1.00 bits per heavy atom. The highest BCUT2D eigenvalue weighted by Crippen LogP contribution is 2.54. The molecule has 1 N–H and O–H groups in total. The standard InChI is InChI=1S/C25H22N4O2/c30-23(18-14-26-22(27-15-18)17-10-11-17)29-13-12-25(21(29)16-6-2-1-3-7-16)19-8-4-5-9-20(19)28-24(25)31/h1-9,14-15,17,21H,10-13H2,(H,28,31)/t21-,25+/m0/s1. The van der Waals surface area contributed by atoms with Crippen LogP contribution in [0.1, 0.15) is 58.5 Å². The zero-order valence-corrected chi connectivity index (χ0v) is 17.0. The smallest absolute Gasteiger partial charge is 0.257 e. The van der Waals surface area contributed by atoms with Gasteiger partial charge in [-0.25, -0.2) is 9.97 Å². The van der Waals surface area contributed by atoms with Crippen LogP contribution in [-0.4, -0.2) is 33.2 Å². The van der Waals surface area contributed by atoms with E-state index in [4.69, 9.17) is 0 Å². The van der Waals surface area contributed by atoms with E-state index in [1.54, 1.807) is 12.4 Å². The van der Waals surface area contributed by atoms with Gasteiger partial charge in [0.05, 0.1) is 11.6 Å². The minimum atomic E-state index is -0.803. The number of carbonyl (C=O) groups is 2. The van der Waals surface area contributed by atoms with Gasteiger partial charge in [-0.05, 0) is 36.5 Å². The fourth-order valence-corrected chi connectivity index (χ4v) is 5.17. The number of nitrogens with zero attached hydrogens (tertiary/aromatic N) is 3. The van der Waals surface area contributed by atoms with E-state index in [1.807, 2.05) is 59.5 Å². The van der Waals surface area contributed by atoms with Crippen molar-refractivity contribution in [1.29, 1.82) is 0 Å². The van der Waals surface area contributed by atoms with Crippen LogP contribution in [0.3, 0.4) is 0 Å². The molecule has 2 aromatic carbocycles. The van der Waals surface area contributed by atoms with Crippen molar-refractivity contribution in [2.45, 2.75) is 36.6 Å². The van der Waals surface area contributed by atoms with Gasteiger partial charge in [0, 0.05) is 30.5 Å². The van der Waals surface area contributed by atoms with E-state index >= 15 is 0 Å². The number of nitrogens with one attached hydrogen (secondary N) is 1. The van der Waals surface area contributed by atoms with Crippen LogP contribution < -0.4 is 5.32 Å². The summed E-state index contributed by atoms with van der Waals surface area (Å²) in [6.45, 7) is 0.491. The zero-order valence-electron chi connectivity index (χ0n) is 17.0. The highest BCUT2D eigenvalue weighted by Gasteiger charge is 2.59. The second kappa shape index (κ2) is 6.74. The highest BCUT2D eigenvalue weighted by atomic mass is 16.2. The van der Waals surface area contributed by atoms with E-state index in [0.717, 1.165) is 35.5 Å². The number of carbonyl (C=O) groups excluding carboxylic acids is 2. The molecule has 1 saturated carbocycles. The van der Waals surface area contributed by atoms with Gasteiger partial charge in [-0.1, -0.05) is 48.5 Å². The summed E-state index contributed by atoms with van der Waals surface area (Å²) in [6, 6.07) is 17.3. The topological polar surface area (TPSA) is 75.2 Å². The third-order valence-corrected chi connectivity index (χ3v) is 6.82. The summed E-state index contributed by atoms with van der Waals surface area (Å²) in [5.74, 6) is 1.08. The van der Waals surface area contributed by atoms with Gasteiger partial charge in [-0.15, -0.1) is 0 Å². The number of rotatable bonds is 3. The number of benzene rings is 2. The SMILES string of the molecule is O=C(c1cnc(C2CC2)nc1)N1CC[C@]2(C(=O)Nc3ccccc32)[C@@H]1c1ccccc1. The van der Waals surface area contributed by atoms with Gasteiger partial charge in [-0.3, -0.25) is 9.59 Å². The Labute approximate surface area is 180 Å². The Bertz CT molecular complexity index is 1170. The number of likely N-dealkylation sites (tertiary alicyclic amines) is 1. The first-order chi connectivity index (χ1) is 15.2. The predicted molar refractivity (Wildman–Crippen MR) is 116 cm³/mol. The molecule has 1 saturated heterocycles. The number of aromatic nitrogens is 2. The molecule has 6 heteroatoms. The lowest BCUT2D eigenvalue weighted by Gasteiger charge is -2.34. The van der Waals surface area contributed by atoms with Crippen molar-refractivity contribution >= 4 is 17.5 Å². The van der Waals surface area contributed by atoms with E-state index in [0.29, 0.717) is 24.4 Å². The first-order valence-corrected chi connectivity index (χ1v) is 10.8. The van der Waals surface area contributed by atoms with E-state index in [2.05, 4.69) is 15.3 Å². The van der Waals surface area contributed by atoms with Crippen LogP contribution in [0.4, 0.5) is 5.69 Å². The monoisotopic (exact) mass is 410 g/mol. The highest BCUT2D eigenvalue weighted by molar-refractivity contribution is 6.08. The molecule has 2 fully saturated rings. The Morgan fingerprint density at radius 2 is 1.71 bits per heavy atom. The number of hydrogen-bond acceptors (Lipinski definition) is 4. The Morgan fingerprint density at radius 3 is 2.45 bits per heavy atom. The first-order valence-electron chi connectivity index (χ1n) is 10.8. The number of fused-ring (bicyclic) bond motifs is 2. The van der Waals surface area contributed by atoms with E-state index in [1.165, 1.54) is 0 Å². The number of anilines is 1. The number of para-hydroxylation sites is 1. The summed E-state index contributed by atoms with van der Waals surface area (Å²) < 4.78 is 0. The normalized spacial score (nSPS) is 24.3. The number of hydrogen-bond donors (Lipinski definition) is 1. The minimum absolute atomic E-state index is 0.0433. The maximum Gasteiger partial charge on any atom is 0.257 e. The van der Waals surface area contributed by atoms with Crippen LogP contribution in [0.15, 0.2) is 67.0 Å². The van der Waals surface area contributed by atoms with Crippen molar-refractivity contribution in [3.63, 3.8) is 0 Å². The molecule has 0 bridgehead atoms. The molecule has 0 radical (unpaired) electrons. The second-order valence-electron chi connectivity index (χ2n) is 8.64. The number of amides is 2. The van der Waals surface area contributed by atoms with Crippen molar-refractivity contribution in [2.75, 3.05) is 11.9 Å². The van der Waals surface area contributed by atoms with Gasteiger partial charge in [0.25, 0.3) is 5.91 Å². The molecule has 2 amide bonds. The van der Waals surface area contributed by atoms with Crippen LogP contribution in [0.2, 0.25) is 0 Å². The predicted octanol–water partition coefficient (Wildman–Crippen LogP) is 3.83. The van der Waals surface area contributed by atoms with Gasteiger partial charge in [-0.2, -0.15) is 0 Å². The molecule has 6 nitrogen and oxygen atoms in total. The molecule has 2 atom stereocenters. The average Bonchev–Trinajstić information content (AvgIpc) is 3.53. The Kier molecular flexibility index (Phi) is 3.96. The van der Waals surface area contributed by atoms with Crippen LogP contribution in [0, 0.1) is 0 Å². The molecule has 1 aliphatic carbocycles. The fourth-order valence-electron chi connectivity index (χ4n) is 5.17. The third kappa shape index (κ3) is 2.71. The molecular weight excluding hydrogens is 388 g/mol. The maximum atomic E-state index is 13.6. The summed E-state index contributed by atoms with van der Waals surface area (Å²) in [5.41, 5.74) is 2.41. The van der Waals surface area contributed by atoms with Crippen LogP contribution in [0.25, 0.3) is 0 Å². The molecule has 154 valence electrons. The lowest BCUT2D eigenvalue weighted by molar-refractivity contribution is -0.121. The van der Waals surface area contributed by atoms with E-state index < -0.39 is 11.5 Å². The molecule has 2 aliphatic heterocycles. The first kappa shape index (κ1) is 18.2. The van der Waals surface area contributed by atoms with Crippen molar-refractivity contribution in [2.24, 2.45) is 0 Å². The fraction of sp³-hybridized carbons (Fsp3) is 0.280. The van der Waals surface area contributed by atoms with Gasteiger partial charge in [0.1, 0.15) is 11.2 Å². The molecule has 1 spiro atoms. The van der Waals surface area contributed by atoms with Crippen molar-refractivity contribution < 1.29 is 9.59 Å². The summed E-state index contributed by atoms with van der Waals surface area (Å²) in [7, 11) is 0. The summed E-state index contributed by atoms with van der Waals surface area (Å²) in [6.07, 6.45) is 6.08. The minimum Gasteiger partial charge on any atom is -0.330 e. The molecule has 6 rings (SSSR count). The summed E-state index contributed by atoms with van der Waals surface area (Å²) >= 11 is 0. The lowest BCUT2D eigenvalue weighted by atomic mass is 9.72. The molecule has 3 aliphatic rings. The Hall–Kier alpha value is -3.54. The van der Waals surface area contributed by atoms with Gasteiger partial charge >= 0.3 is 0 Å². The largest absolute Gasteiger partial charge is 0.330 e. The molecular formula is C25H22N4O2. The molecule has 31 heavy (non-hydrogen) atoms. The Balaban J connectivity index is 1.44. The van der Waals surface area contributed by atoms with E-state index in [9.17, 15) is 9.59 Å². The van der Waals surface area contributed by atoms with Crippen molar-refractivity contribution in [1.82, 2.24) is 14.9 Å². The van der Waals surface area contributed by atoms with Gasteiger partial charge < -0.3 is 10.2 Å². The van der Waals surface area contributed by atoms with E-state index in [-0.39, 0.29) is 11.8 Å². The zero-order chi connectivity index (χ0) is 21.0. The third-order valence-electron chi connectivity index (χ3n) is 6.82. The molecule has 3 aromatic rings. The van der Waals surface area contributed by atoms with Crippen LogP contribution >= 0.6 is 0 Å². The van der Waals surface area contributed by atoms with Crippen molar-refractivity contribution in [3.05, 3.63) is 89.5 Å². The molecule has 1 aromatic heterocycles.